The van der Waals surface area contributed by atoms with Crippen molar-refractivity contribution in [1.29, 1.82) is 0 Å². The van der Waals surface area contributed by atoms with Gasteiger partial charge in [-0.2, -0.15) is 11.8 Å². The summed E-state index contributed by atoms with van der Waals surface area (Å²) in [5, 5.41) is 0. The molecular weight excluding hydrogens is 204 g/mol. The fraction of sp³-hybridized carbons (Fsp3) is 1.00. The number of nitrogens with zero attached hydrogens (tertiary/aromatic N) is 1. The number of hydrogen-bond acceptors (Lipinski definition) is 3. The molecule has 1 aliphatic heterocycles. The molecule has 1 atom stereocenters. The quantitative estimate of drug-likeness (QED) is 0.709. The predicted octanol–water partition coefficient (Wildman–Crippen LogP) is 2.19. The summed E-state index contributed by atoms with van der Waals surface area (Å²) >= 11 is 1.96. The van der Waals surface area contributed by atoms with Gasteiger partial charge >= 0.3 is 0 Å². The Labute approximate surface area is 99.0 Å². The van der Waals surface area contributed by atoms with Crippen LogP contribution in [0.15, 0.2) is 0 Å². The zero-order valence-corrected chi connectivity index (χ0v) is 11.1. The summed E-state index contributed by atoms with van der Waals surface area (Å²) in [5.74, 6) is 2.09. The molecule has 0 aromatic rings. The Morgan fingerprint density at radius 2 is 2.00 bits per heavy atom. The SMILES string of the molecule is CSCCCCN1CCC(C(C)N)CC1. The van der Waals surface area contributed by atoms with E-state index in [0.717, 1.165) is 5.92 Å². The Morgan fingerprint density at radius 1 is 1.33 bits per heavy atom. The van der Waals surface area contributed by atoms with Crippen LogP contribution in [0.4, 0.5) is 0 Å². The normalized spacial score (nSPS) is 21.8. The molecular formula is C12H26N2S. The Kier molecular flexibility index (Phi) is 6.69. The van der Waals surface area contributed by atoms with Gasteiger partial charge in [0.2, 0.25) is 0 Å². The van der Waals surface area contributed by atoms with Crippen LogP contribution in [0.3, 0.4) is 0 Å². The Balaban J connectivity index is 2.04. The highest BCUT2D eigenvalue weighted by Crippen LogP contribution is 2.19. The first-order chi connectivity index (χ1) is 7.24. The zero-order valence-electron chi connectivity index (χ0n) is 10.2. The predicted molar refractivity (Wildman–Crippen MR) is 70.4 cm³/mol. The smallest absolute Gasteiger partial charge is 0.00397 e. The number of likely N-dealkylation sites (tertiary alicyclic amines) is 1. The molecule has 1 heterocycles. The third-order valence-corrected chi connectivity index (χ3v) is 4.15. The number of hydrogen-bond donors (Lipinski definition) is 1. The van der Waals surface area contributed by atoms with Crippen LogP contribution in [0.5, 0.6) is 0 Å². The molecule has 1 fully saturated rings. The van der Waals surface area contributed by atoms with Crippen molar-refractivity contribution in [1.82, 2.24) is 4.90 Å². The number of nitrogens with two attached hydrogens (primary N) is 1. The average molecular weight is 230 g/mol. The summed E-state index contributed by atoms with van der Waals surface area (Å²) in [6, 6.07) is 0.392. The van der Waals surface area contributed by atoms with Crippen molar-refractivity contribution < 1.29 is 0 Å². The molecule has 90 valence electrons. The molecule has 0 aromatic carbocycles. The number of piperidine rings is 1. The minimum Gasteiger partial charge on any atom is -0.328 e. The van der Waals surface area contributed by atoms with Crippen molar-refractivity contribution in [2.45, 2.75) is 38.6 Å². The van der Waals surface area contributed by atoms with Crippen molar-refractivity contribution in [3.05, 3.63) is 0 Å². The van der Waals surface area contributed by atoms with Crippen molar-refractivity contribution in [2.24, 2.45) is 11.7 Å². The lowest BCUT2D eigenvalue weighted by Crippen LogP contribution is -2.40. The van der Waals surface area contributed by atoms with Gasteiger partial charge in [-0.1, -0.05) is 0 Å². The van der Waals surface area contributed by atoms with Gasteiger partial charge in [-0.25, -0.2) is 0 Å². The van der Waals surface area contributed by atoms with E-state index in [-0.39, 0.29) is 0 Å². The number of thioether (sulfide) groups is 1. The van der Waals surface area contributed by atoms with Gasteiger partial charge in [0.1, 0.15) is 0 Å². The molecule has 0 saturated carbocycles. The summed E-state index contributed by atoms with van der Waals surface area (Å²) in [5.41, 5.74) is 5.93. The Morgan fingerprint density at radius 3 is 2.53 bits per heavy atom. The maximum absolute atomic E-state index is 5.93. The van der Waals surface area contributed by atoms with Gasteiger partial charge in [0.15, 0.2) is 0 Å². The highest BCUT2D eigenvalue weighted by Gasteiger charge is 2.21. The summed E-state index contributed by atoms with van der Waals surface area (Å²) in [4.78, 5) is 2.61. The topological polar surface area (TPSA) is 29.3 Å². The van der Waals surface area contributed by atoms with Crippen LogP contribution in [0.1, 0.15) is 32.6 Å². The van der Waals surface area contributed by atoms with Gasteiger partial charge in [-0.15, -0.1) is 0 Å². The van der Waals surface area contributed by atoms with Gasteiger partial charge < -0.3 is 10.6 Å². The lowest BCUT2D eigenvalue weighted by atomic mass is 9.91. The first-order valence-corrected chi connectivity index (χ1v) is 7.60. The van der Waals surface area contributed by atoms with E-state index in [4.69, 9.17) is 5.73 Å². The molecule has 1 aliphatic rings. The summed E-state index contributed by atoms with van der Waals surface area (Å²) in [6.07, 6.45) is 7.53. The fourth-order valence-corrected chi connectivity index (χ4v) is 2.78. The highest BCUT2D eigenvalue weighted by atomic mass is 32.2. The third kappa shape index (κ3) is 5.23. The van der Waals surface area contributed by atoms with Crippen LogP contribution in [0, 0.1) is 5.92 Å². The molecule has 2 N–H and O–H groups in total. The third-order valence-electron chi connectivity index (χ3n) is 3.45. The standard InChI is InChI=1S/C12H26N2S/c1-11(13)12-5-8-14(9-6-12)7-3-4-10-15-2/h11-12H,3-10,13H2,1-2H3. The van der Waals surface area contributed by atoms with Crippen LogP contribution in [0.25, 0.3) is 0 Å². The van der Waals surface area contributed by atoms with Gasteiger partial charge in [-0.05, 0) is 70.2 Å². The summed E-state index contributed by atoms with van der Waals surface area (Å²) in [7, 11) is 0. The van der Waals surface area contributed by atoms with E-state index in [2.05, 4.69) is 18.1 Å². The molecule has 1 saturated heterocycles. The van der Waals surface area contributed by atoms with Crippen LogP contribution >= 0.6 is 11.8 Å². The van der Waals surface area contributed by atoms with E-state index in [0.29, 0.717) is 6.04 Å². The van der Waals surface area contributed by atoms with Crippen LogP contribution in [-0.4, -0.2) is 42.6 Å². The number of unbranched alkanes of at least 4 members (excludes halogenated alkanes) is 1. The largest absolute Gasteiger partial charge is 0.328 e. The van der Waals surface area contributed by atoms with E-state index >= 15 is 0 Å². The second-order valence-corrected chi connectivity index (χ2v) is 5.72. The van der Waals surface area contributed by atoms with Crippen molar-refractivity contribution in [3.63, 3.8) is 0 Å². The number of rotatable bonds is 6. The second kappa shape index (κ2) is 7.53. The molecule has 0 amide bonds. The fourth-order valence-electron chi connectivity index (χ4n) is 2.28. The van der Waals surface area contributed by atoms with E-state index in [1.54, 1.807) is 0 Å². The molecule has 0 bridgehead atoms. The van der Waals surface area contributed by atoms with E-state index in [1.165, 1.54) is 51.1 Å². The van der Waals surface area contributed by atoms with Gasteiger partial charge in [0.25, 0.3) is 0 Å². The minimum atomic E-state index is 0.392. The molecule has 0 radical (unpaired) electrons. The lowest BCUT2D eigenvalue weighted by molar-refractivity contribution is 0.170. The first kappa shape index (κ1) is 13.3. The molecule has 3 heteroatoms. The lowest BCUT2D eigenvalue weighted by Gasteiger charge is -2.33. The molecule has 0 aromatic heterocycles. The monoisotopic (exact) mass is 230 g/mol. The molecule has 0 aliphatic carbocycles. The Hall–Kier alpha value is 0.270. The minimum absolute atomic E-state index is 0.392. The van der Waals surface area contributed by atoms with E-state index < -0.39 is 0 Å². The van der Waals surface area contributed by atoms with Crippen LogP contribution in [0.2, 0.25) is 0 Å². The molecule has 0 spiro atoms. The zero-order chi connectivity index (χ0) is 11.1. The molecule has 1 rings (SSSR count). The van der Waals surface area contributed by atoms with Crippen LogP contribution < -0.4 is 5.73 Å². The molecule has 1 unspecified atom stereocenters. The summed E-state index contributed by atoms with van der Waals surface area (Å²) in [6.45, 7) is 5.99. The van der Waals surface area contributed by atoms with Crippen LogP contribution in [-0.2, 0) is 0 Å². The Bertz CT molecular complexity index is 154. The first-order valence-electron chi connectivity index (χ1n) is 6.21. The van der Waals surface area contributed by atoms with Crippen molar-refractivity contribution in [2.75, 3.05) is 31.6 Å². The maximum atomic E-state index is 5.93. The second-order valence-electron chi connectivity index (χ2n) is 4.74. The van der Waals surface area contributed by atoms with Crippen molar-refractivity contribution >= 4 is 11.8 Å². The maximum Gasteiger partial charge on any atom is 0.00397 e. The van der Waals surface area contributed by atoms with Gasteiger partial charge in [0.05, 0.1) is 0 Å². The average Bonchev–Trinajstić information content (AvgIpc) is 2.25. The highest BCUT2D eigenvalue weighted by molar-refractivity contribution is 7.98. The van der Waals surface area contributed by atoms with Crippen molar-refractivity contribution in [3.8, 4) is 0 Å². The van der Waals surface area contributed by atoms with Gasteiger partial charge in [-0.3, -0.25) is 0 Å². The van der Waals surface area contributed by atoms with Gasteiger partial charge in [0, 0.05) is 6.04 Å². The van der Waals surface area contributed by atoms with E-state index in [1.807, 2.05) is 11.8 Å². The molecule has 2 nitrogen and oxygen atoms in total. The molecule has 15 heavy (non-hydrogen) atoms. The van der Waals surface area contributed by atoms with E-state index in [9.17, 15) is 0 Å². The summed E-state index contributed by atoms with van der Waals surface area (Å²) < 4.78 is 0.